The Balaban J connectivity index is -0.00000000500. The molecule has 0 rings (SSSR count). The van der Waals surface area contributed by atoms with Gasteiger partial charge in [0.25, 0.3) is 0 Å². The van der Waals surface area contributed by atoms with Crippen LogP contribution >= 0.6 is 19.9 Å². The summed E-state index contributed by atoms with van der Waals surface area (Å²) in [6, 6.07) is 0. The molecule has 0 aliphatic heterocycles. The Hall–Kier alpha value is 1.77. The molecule has 1 radical (unpaired) electrons. The zero-order valence-electron chi connectivity index (χ0n) is 2.15. The number of hydrogen-bond donors (Lipinski definition) is 0. The second kappa shape index (κ2) is 21.6. The molecule has 0 aliphatic rings. The van der Waals surface area contributed by atoms with Crippen molar-refractivity contribution < 1.29 is 17.1 Å². The zero-order valence-corrected chi connectivity index (χ0v) is 6.83. The Kier molecular flexibility index (Phi) is 92.5. The molecule has 4 heteroatoms. The average molecular weight is 153 g/mol. The largest absolute Gasteiger partial charge is 0.329 e. The molecule has 0 N–H and O–H groups in total. The van der Waals surface area contributed by atoms with E-state index in [1.54, 1.807) is 0 Å². The van der Waals surface area contributed by atoms with Gasteiger partial charge in [0.2, 0.25) is 0 Å². The zero-order chi connectivity index (χ0) is 2.00. The quantitative estimate of drug-likeness (QED) is 0.342. The van der Waals surface area contributed by atoms with Gasteiger partial charge in [-0.2, -0.15) is 9.90 Å². The molecule has 0 aromatic heterocycles. The molecular formula is H4AlClFeP. The molecule has 27 valence electrons. The smallest absolute Gasteiger partial charge is 0.283 e. The van der Waals surface area contributed by atoms with Crippen molar-refractivity contribution in [2.24, 2.45) is 0 Å². The van der Waals surface area contributed by atoms with Gasteiger partial charge in [-0.05, 0) is 0 Å². The van der Waals surface area contributed by atoms with E-state index in [2.05, 4.69) is 10.0 Å². The van der Waals surface area contributed by atoms with Gasteiger partial charge in [-0.1, -0.05) is 0 Å². The van der Waals surface area contributed by atoms with Crippen molar-refractivity contribution in [2.75, 3.05) is 0 Å². The van der Waals surface area contributed by atoms with E-state index in [0.717, 1.165) is 0 Å². The van der Waals surface area contributed by atoms with E-state index in [9.17, 15) is 0 Å². The van der Waals surface area contributed by atoms with Gasteiger partial charge >= 0.3 is 15.4 Å². The summed E-state index contributed by atoms with van der Waals surface area (Å²) in [5, 5.41) is 0. The molecule has 0 fully saturated rings. The van der Waals surface area contributed by atoms with E-state index in [0.29, 0.717) is 0 Å². The molecule has 0 aliphatic carbocycles. The topological polar surface area (TPSA) is 0 Å². The van der Waals surface area contributed by atoms with Gasteiger partial charge in [0.05, 0.1) is 0 Å². The third-order valence-corrected chi connectivity index (χ3v) is 0. The monoisotopic (exact) mass is 153 g/mol. The first kappa shape index (κ1) is 17.1. The summed E-state index contributed by atoms with van der Waals surface area (Å²) >= 11 is 1.33. The first-order valence-corrected chi connectivity index (χ1v) is 2.41. The maximum atomic E-state index is 4.67. The van der Waals surface area contributed by atoms with Gasteiger partial charge in [0.15, 0.2) is 0 Å². The summed E-state index contributed by atoms with van der Waals surface area (Å²) in [4.78, 5) is 0. The predicted octanol–water partition coefficient (Wildman–Crippen LogP) is 0.0966. The van der Waals surface area contributed by atoms with Crippen molar-refractivity contribution in [3.05, 3.63) is 0 Å². The second-order valence-electron chi connectivity index (χ2n) is 0. The Bertz CT molecular complexity index is 8.00. The van der Waals surface area contributed by atoms with Crippen LogP contribution in [0.2, 0.25) is 0 Å². The van der Waals surface area contributed by atoms with Crippen molar-refractivity contribution in [3.8, 4) is 0 Å². The summed E-state index contributed by atoms with van der Waals surface area (Å²) in [6.07, 6.45) is 0. The third kappa shape index (κ3) is 9.23. The molecule has 0 spiro atoms. The molecular weight excluding hydrogens is 149 g/mol. The third-order valence-electron chi connectivity index (χ3n) is 0. The van der Waals surface area contributed by atoms with Gasteiger partial charge in [0.1, 0.15) is 0 Å². The molecule has 4 heavy (non-hydrogen) atoms. The van der Waals surface area contributed by atoms with E-state index < -0.39 is 0 Å². The molecule has 0 nitrogen and oxygen atoms in total. The Morgan fingerprint density at radius 3 is 1.25 bits per heavy atom. The summed E-state index contributed by atoms with van der Waals surface area (Å²) < 4.78 is 0. The van der Waals surface area contributed by atoms with E-state index in [1.807, 2.05) is 0 Å². The molecule has 0 saturated carbocycles. The number of rotatable bonds is 0. The number of halogens is 1. The normalized spacial score (nSPS) is 1.25. The minimum atomic E-state index is 0. The van der Waals surface area contributed by atoms with Crippen molar-refractivity contribution in [3.63, 3.8) is 0 Å². The SMILES string of the molecule is P.[AlH][Cl].[Fe]. The van der Waals surface area contributed by atoms with Crippen LogP contribution in [0.3, 0.4) is 0 Å². The van der Waals surface area contributed by atoms with Crippen LogP contribution in [0.1, 0.15) is 0 Å². The molecule has 0 heterocycles. The van der Waals surface area contributed by atoms with Crippen molar-refractivity contribution in [1.29, 1.82) is 0 Å². The Labute approximate surface area is 52.4 Å². The summed E-state index contributed by atoms with van der Waals surface area (Å²) in [6.45, 7) is 0. The van der Waals surface area contributed by atoms with Gasteiger partial charge in [-0.25, -0.2) is 0 Å². The van der Waals surface area contributed by atoms with Crippen molar-refractivity contribution in [1.82, 2.24) is 0 Å². The van der Waals surface area contributed by atoms with Crippen LogP contribution in [0.15, 0.2) is 0 Å². The van der Waals surface area contributed by atoms with Crippen LogP contribution in [-0.2, 0) is 17.1 Å². The van der Waals surface area contributed by atoms with E-state index in [4.69, 9.17) is 0 Å². The molecule has 1 atom stereocenters. The van der Waals surface area contributed by atoms with Crippen LogP contribution in [0, 0.1) is 0 Å². The van der Waals surface area contributed by atoms with E-state index in [1.165, 1.54) is 15.4 Å². The molecule has 0 aromatic rings. The first-order valence-electron chi connectivity index (χ1n) is 0.267. The van der Waals surface area contributed by atoms with Crippen LogP contribution in [-0.4, -0.2) is 15.4 Å². The molecule has 0 amide bonds. The summed E-state index contributed by atoms with van der Waals surface area (Å²) in [5.74, 6) is 0. The van der Waals surface area contributed by atoms with E-state index >= 15 is 0 Å². The second-order valence-corrected chi connectivity index (χ2v) is 0. The fourth-order valence-corrected chi connectivity index (χ4v) is 0. The molecule has 1 unspecified atom stereocenters. The van der Waals surface area contributed by atoms with Crippen LogP contribution in [0.25, 0.3) is 0 Å². The molecule has 0 saturated heterocycles. The maximum Gasteiger partial charge on any atom is 0.329 e. The number of hydrogen-bond acceptors (Lipinski definition) is 0. The fourth-order valence-electron chi connectivity index (χ4n) is 0. The van der Waals surface area contributed by atoms with Crippen LogP contribution < -0.4 is 0 Å². The minimum absolute atomic E-state index is 0. The van der Waals surface area contributed by atoms with Crippen LogP contribution in [0.5, 0.6) is 0 Å². The standard InChI is InChI=1S/Al.ClH.Fe.H3P.H/h;1H;;1H3;/q+1;;;;/p-1. The summed E-state index contributed by atoms with van der Waals surface area (Å²) in [7, 11) is 4.67. The molecule has 0 aromatic carbocycles. The van der Waals surface area contributed by atoms with Crippen LogP contribution in [0.4, 0.5) is 0 Å². The van der Waals surface area contributed by atoms with Crippen molar-refractivity contribution in [2.45, 2.75) is 0 Å². The maximum absolute atomic E-state index is 4.67. The first-order chi connectivity index (χ1) is 1.00. The molecule has 0 bridgehead atoms. The predicted molar refractivity (Wildman–Crippen MR) is 24.1 cm³/mol. The Morgan fingerprint density at radius 2 is 1.25 bits per heavy atom. The van der Waals surface area contributed by atoms with Gasteiger partial charge < -0.3 is 0 Å². The van der Waals surface area contributed by atoms with Gasteiger partial charge in [0, 0.05) is 17.1 Å². The van der Waals surface area contributed by atoms with Gasteiger partial charge in [-0.15, -0.1) is 0 Å². The van der Waals surface area contributed by atoms with Gasteiger partial charge in [-0.3, -0.25) is 10.0 Å². The summed E-state index contributed by atoms with van der Waals surface area (Å²) in [5.41, 5.74) is 0. The minimum Gasteiger partial charge on any atom is -0.283 e. The van der Waals surface area contributed by atoms with Crippen molar-refractivity contribution >= 4 is 35.3 Å². The average Bonchev–Trinajstić information content (AvgIpc) is 1.00. The fraction of sp³-hybridized carbons (Fsp3) is 0. The van der Waals surface area contributed by atoms with E-state index in [-0.39, 0.29) is 27.0 Å². The Morgan fingerprint density at radius 1 is 1.25 bits per heavy atom.